The van der Waals surface area contributed by atoms with Crippen LogP contribution < -0.4 is 16.4 Å². The van der Waals surface area contributed by atoms with Crippen molar-refractivity contribution in [1.82, 2.24) is 14.9 Å². The lowest BCUT2D eigenvalue weighted by molar-refractivity contribution is -0.123. The minimum absolute atomic E-state index is 0.0451. The largest absolute Gasteiger partial charge is 0.453 e. The maximum atomic E-state index is 13.4. The van der Waals surface area contributed by atoms with Gasteiger partial charge in [-0.15, -0.1) is 0 Å². The molecule has 2 atom stereocenters. The van der Waals surface area contributed by atoms with E-state index in [4.69, 9.17) is 10.5 Å². The molecule has 0 aliphatic rings. The number of nitrogens with zero attached hydrogens (tertiary/aromatic N) is 1. The number of ether oxygens (including phenoxy) is 1. The van der Waals surface area contributed by atoms with Gasteiger partial charge in [0.2, 0.25) is 15.9 Å². The lowest BCUT2D eigenvalue weighted by Crippen LogP contribution is -2.48. The number of aliphatic hydroxyl groups excluding tert-OH is 1. The Kier molecular flexibility index (Phi) is 12.1. The molecule has 2 amide bonds. The summed E-state index contributed by atoms with van der Waals surface area (Å²) in [6, 6.07) is 18.4. The Balaban J connectivity index is 1.59. The fraction of sp³-hybridized carbons (Fsp3) is 0.419. The molecule has 0 spiro atoms. The highest BCUT2D eigenvalue weighted by Gasteiger charge is 2.31. The molecule has 42 heavy (non-hydrogen) atoms. The minimum atomic E-state index is -3.85. The van der Waals surface area contributed by atoms with E-state index in [1.807, 2.05) is 56.3 Å². The summed E-state index contributed by atoms with van der Waals surface area (Å²) in [6.45, 7) is 4.09. The molecule has 228 valence electrons. The minimum Gasteiger partial charge on any atom is -0.453 e. The Morgan fingerprint density at radius 3 is 2.33 bits per heavy atom. The number of hydrogen-bond donors (Lipinski definition) is 4. The molecule has 11 heteroatoms. The van der Waals surface area contributed by atoms with Crippen LogP contribution in [-0.2, 0) is 26.0 Å². The number of carbonyl (C=O) groups is 2. The van der Waals surface area contributed by atoms with Crippen LogP contribution in [0.5, 0.6) is 0 Å². The number of nitrogens with two attached hydrogens (primary N) is 1. The van der Waals surface area contributed by atoms with Gasteiger partial charge in [0.1, 0.15) is 6.04 Å². The van der Waals surface area contributed by atoms with Crippen molar-refractivity contribution in [2.24, 2.45) is 5.92 Å². The van der Waals surface area contributed by atoms with E-state index in [0.29, 0.717) is 31.5 Å². The van der Waals surface area contributed by atoms with Crippen LogP contribution in [0, 0.1) is 5.92 Å². The van der Waals surface area contributed by atoms with E-state index in [1.165, 1.54) is 23.5 Å². The summed E-state index contributed by atoms with van der Waals surface area (Å²) in [5.74, 6) is -0.302. The van der Waals surface area contributed by atoms with Crippen molar-refractivity contribution in [3.63, 3.8) is 0 Å². The van der Waals surface area contributed by atoms with E-state index in [0.717, 1.165) is 16.3 Å². The Bertz CT molecular complexity index is 1430. The molecule has 10 nitrogen and oxygen atoms in total. The normalized spacial score (nSPS) is 13.2. The number of rotatable bonds is 15. The highest BCUT2D eigenvalue weighted by Crippen LogP contribution is 2.23. The summed E-state index contributed by atoms with van der Waals surface area (Å²) in [4.78, 5) is 25.1. The van der Waals surface area contributed by atoms with E-state index in [-0.39, 0.29) is 36.3 Å². The number of benzene rings is 3. The zero-order valence-corrected chi connectivity index (χ0v) is 25.3. The van der Waals surface area contributed by atoms with E-state index >= 15 is 0 Å². The number of methoxy groups -OCH3 is 1. The first-order chi connectivity index (χ1) is 20.0. The number of carbonyl (C=O) groups excluding carboxylic acids is 2. The van der Waals surface area contributed by atoms with Crippen LogP contribution in [0.25, 0.3) is 10.8 Å². The summed E-state index contributed by atoms with van der Waals surface area (Å²) in [5.41, 5.74) is 7.09. The van der Waals surface area contributed by atoms with Crippen LogP contribution in [0.2, 0.25) is 0 Å². The van der Waals surface area contributed by atoms with Crippen molar-refractivity contribution in [3.8, 4) is 0 Å². The molecule has 0 saturated carbocycles. The van der Waals surface area contributed by atoms with Crippen LogP contribution >= 0.6 is 0 Å². The second-order valence-electron chi connectivity index (χ2n) is 10.7. The zero-order valence-electron chi connectivity index (χ0n) is 24.5. The maximum Gasteiger partial charge on any atom is 0.407 e. The third kappa shape index (κ3) is 9.17. The molecular weight excluding hydrogens is 556 g/mol. The molecule has 3 rings (SSSR count). The second-order valence-corrected chi connectivity index (χ2v) is 12.6. The fourth-order valence-corrected chi connectivity index (χ4v) is 6.57. The first-order valence-corrected chi connectivity index (χ1v) is 15.6. The summed E-state index contributed by atoms with van der Waals surface area (Å²) in [6.07, 6.45) is 1.12. The van der Waals surface area contributed by atoms with Gasteiger partial charge in [0, 0.05) is 31.2 Å². The monoisotopic (exact) mass is 598 g/mol. The molecule has 0 heterocycles. The molecule has 0 bridgehead atoms. The average Bonchev–Trinajstić information content (AvgIpc) is 2.97. The standard InChI is InChI=1S/C31H42N4O6S/c1-22(2)20-35(42(39,40)28-15-13-26(32)14-16-28)27(21-36)10-6-7-17-33-30(37)29(34-31(38)41-3)19-23-11-12-24-8-4-5-9-25(24)18-23/h4-5,8-9,11-16,18,22,27,29,36H,6-7,10,17,19-21,32H2,1-3H3,(H,33,37)(H,34,38)/t27-,29+/m0/s1. The Hall–Kier alpha value is -3.67. The summed E-state index contributed by atoms with van der Waals surface area (Å²) in [5, 5.41) is 17.7. The number of nitrogen functional groups attached to an aromatic ring is 1. The van der Waals surface area contributed by atoms with Crippen LogP contribution in [0.1, 0.15) is 38.7 Å². The van der Waals surface area contributed by atoms with Crippen LogP contribution in [0.15, 0.2) is 71.6 Å². The highest BCUT2D eigenvalue weighted by atomic mass is 32.2. The molecule has 3 aromatic carbocycles. The number of sulfonamides is 1. The molecule has 0 aliphatic carbocycles. The fourth-order valence-electron chi connectivity index (χ4n) is 4.76. The molecule has 0 fully saturated rings. The molecule has 0 saturated heterocycles. The molecule has 0 radical (unpaired) electrons. The lowest BCUT2D eigenvalue weighted by Gasteiger charge is -2.31. The Labute approximate surface area is 248 Å². The Morgan fingerprint density at radius 2 is 1.69 bits per heavy atom. The molecular formula is C31H42N4O6S. The van der Waals surface area contributed by atoms with Crippen LogP contribution in [0.3, 0.4) is 0 Å². The van der Waals surface area contributed by atoms with Crippen molar-refractivity contribution < 1.29 is 27.9 Å². The molecule has 5 N–H and O–H groups in total. The van der Waals surface area contributed by atoms with Crippen molar-refractivity contribution >= 4 is 38.5 Å². The predicted octanol–water partition coefficient (Wildman–Crippen LogP) is 3.68. The summed E-state index contributed by atoms with van der Waals surface area (Å²) >= 11 is 0. The maximum absolute atomic E-state index is 13.4. The first kappa shape index (κ1) is 32.8. The average molecular weight is 599 g/mol. The van der Waals surface area contributed by atoms with Gasteiger partial charge in [0.25, 0.3) is 0 Å². The smallest absolute Gasteiger partial charge is 0.407 e. The van der Waals surface area contributed by atoms with Gasteiger partial charge >= 0.3 is 6.09 Å². The van der Waals surface area contributed by atoms with Gasteiger partial charge in [0.15, 0.2) is 0 Å². The van der Waals surface area contributed by atoms with Gasteiger partial charge in [-0.25, -0.2) is 13.2 Å². The third-order valence-electron chi connectivity index (χ3n) is 6.96. The second kappa shape index (κ2) is 15.5. The quantitative estimate of drug-likeness (QED) is 0.154. The van der Waals surface area contributed by atoms with Crippen molar-refractivity contribution in [2.45, 2.75) is 56.5 Å². The molecule has 0 aromatic heterocycles. The zero-order chi connectivity index (χ0) is 30.7. The number of alkyl carbamates (subject to hydrolysis) is 1. The van der Waals surface area contributed by atoms with Gasteiger partial charge in [0.05, 0.1) is 18.6 Å². The van der Waals surface area contributed by atoms with E-state index < -0.39 is 28.2 Å². The van der Waals surface area contributed by atoms with Crippen molar-refractivity contribution in [1.29, 1.82) is 0 Å². The molecule has 3 aromatic rings. The van der Waals surface area contributed by atoms with Gasteiger partial charge in [-0.1, -0.05) is 62.7 Å². The summed E-state index contributed by atoms with van der Waals surface area (Å²) < 4.78 is 33.0. The highest BCUT2D eigenvalue weighted by molar-refractivity contribution is 7.89. The number of amides is 2. The number of hydrogen-bond acceptors (Lipinski definition) is 7. The van der Waals surface area contributed by atoms with Crippen molar-refractivity contribution in [3.05, 3.63) is 72.3 Å². The SMILES string of the molecule is COC(=O)N[C@H](Cc1ccc2ccccc2c1)C(=O)NCCCC[C@@H](CO)N(CC(C)C)S(=O)(=O)c1ccc(N)cc1. The van der Waals surface area contributed by atoms with Gasteiger partial charge in [-0.2, -0.15) is 4.31 Å². The molecule has 0 aliphatic heterocycles. The van der Waals surface area contributed by atoms with E-state index in [9.17, 15) is 23.1 Å². The summed E-state index contributed by atoms with van der Waals surface area (Å²) in [7, 11) is -2.61. The lowest BCUT2D eigenvalue weighted by atomic mass is 10.0. The number of nitrogens with one attached hydrogen (secondary N) is 2. The number of aliphatic hydroxyl groups is 1. The number of anilines is 1. The molecule has 0 unspecified atom stereocenters. The van der Waals surface area contributed by atoms with Gasteiger partial charge < -0.3 is 26.2 Å². The van der Waals surface area contributed by atoms with Gasteiger partial charge in [-0.05, 0) is 59.4 Å². The number of unbranched alkanes of at least 4 members (excludes halogenated alkanes) is 1. The Morgan fingerprint density at radius 1 is 1.00 bits per heavy atom. The van der Waals surface area contributed by atoms with Gasteiger partial charge in [-0.3, -0.25) is 4.79 Å². The first-order valence-electron chi connectivity index (χ1n) is 14.1. The van der Waals surface area contributed by atoms with Crippen LogP contribution in [-0.4, -0.2) is 68.7 Å². The number of fused-ring (bicyclic) bond motifs is 1. The van der Waals surface area contributed by atoms with Crippen LogP contribution in [0.4, 0.5) is 10.5 Å². The predicted molar refractivity (Wildman–Crippen MR) is 164 cm³/mol. The third-order valence-corrected chi connectivity index (χ3v) is 8.89. The van der Waals surface area contributed by atoms with Crippen molar-refractivity contribution in [2.75, 3.05) is 32.5 Å². The van der Waals surface area contributed by atoms with E-state index in [2.05, 4.69) is 10.6 Å². The topological polar surface area (TPSA) is 151 Å². The van der Waals surface area contributed by atoms with E-state index in [1.54, 1.807) is 12.1 Å².